The molecule has 2 aliphatic rings. The molecule has 1 aromatic heterocycles. The molecule has 182 valence electrons. The van der Waals surface area contributed by atoms with E-state index in [2.05, 4.69) is 49.7 Å². The van der Waals surface area contributed by atoms with Crippen molar-refractivity contribution >= 4 is 5.57 Å². The van der Waals surface area contributed by atoms with Gasteiger partial charge in [-0.25, -0.2) is 4.68 Å². The van der Waals surface area contributed by atoms with E-state index in [1.807, 2.05) is 0 Å². The molecule has 32 heavy (non-hydrogen) atoms. The Morgan fingerprint density at radius 1 is 1.16 bits per heavy atom. The van der Waals surface area contributed by atoms with E-state index in [0.717, 1.165) is 96.8 Å². The normalized spacial score (nSPS) is 21.2. The molecule has 0 bridgehead atoms. The number of aromatic nitrogens is 2. The van der Waals surface area contributed by atoms with Gasteiger partial charge in [0.15, 0.2) is 0 Å². The summed E-state index contributed by atoms with van der Waals surface area (Å²) in [6.07, 6.45) is 13.4. The van der Waals surface area contributed by atoms with E-state index in [-0.39, 0.29) is 11.6 Å². The fourth-order valence-corrected chi connectivity index (χ4v) is 4.63. The summed E-state index contributed by atoms with van der Waals surface area (Å²) in [5.41, 5.74) is 3.94. The standard InChI is InChI=1S/C26H45N3O3/c1-5-15-30-20-26(21-31-16-6-2)13-11-22(12-14-26)25-23(18-28(4)7-3)19-29(27-25)24-10-8-9-17-32-24/h11,19,24H,5-10,12-18,20-21H2,1-4H3. The van der Waals surface area contributed by atoms with Gasteiger partial charge in [0.1, 0.15) is 6.23 Å². The molecule has 1 aliphatic heterocycles. The lowest BCUT2D eigenvalue weighted by atomic mass is 9.75. The number of hydrogen-bond acceptors (Lipinski definition) is 5. The third-order valence-corrected chi connectivity index (χ3v) is 6.76. The van der Waals surface area contributed by atoms with Crippen LogP contribution in [0.25, 0.3) is 5.57 Å². The highest BCUT2D eigenvalue weighted by Gasteiger charge is 2.34. The van der Waals surface area contributed by atoms with Crippen LogP contribution >= 0.6 is 0 Å². The highest BCUT2D eigenvalue weighted by molar-refractivity contribution is 5.66. The molecule has 2 heterocycles. The maximum Gasteiger partial charge on any atom is 0.150 e. The molecule has 0 aromatic carbocycles. The summed E-state index contributed by atoms with van der Waals surface area (Å²) in [6.45, 7) is 12.5. The lowest BCUT2D eigenvalue weighted by Gasteiger charge is -2.36. The average molecular weight is 448 g/mol. The predicted octanol–water partition coefficient (Wildman–Crippen LogP) is 5.44. The maximum atomic E-state index is 6.03. The minimum Gasteiger partial charge on any atom is -0.381 e. The van der Waals surface area contributed by atoms with Crippen LogP contribution < -0.4 is 0 Å². The van der Waals surface area contributed by atoms with Gasteiger partial charge in [-0.05, 0) is 70.5 Å². The zero-order valence-electron chi connectivity index (χ0n) is 20.9. The first-order chi connectivity index (χ1) is 15.6. The van der Waals surface area contributed by atoms with E-state index in [0.29, 0.717) is 0 Å². The Bertz CT molecular complexity index is 699. The molecule has 1 saturated heterocycles. The van der Waals surface area contributed by atoms with Gasteiger partial charge in [0.2, 0.25) is 0 Å². The topological polar surface area (TPSA) is 48.8 Å². The zero-order chi connectivity index (χ0) is 22.8. The van der Waals surface area contributed by atoms with E-state index < -0.39 is 0 Å². The minimum absolute atomic E-state index is 0.0800. The third kappa shape index (κ3) is 6.89. The molecule has 1 fully saturated rings. The van der Waals surface area contributed by atoms with Crippen molar-refractivity contribution in [2.75, 3.05) is 46.6 Å². The lowest BCUT2D eigenvalue weighted by Crippen LogP contribution is -2.34. The van der Waals surface area contributed by atoms with Crippen molar-refractivity contribution in [1.29, 1.82) is 0 Å². The van der Waals surface area contributed by atoms with E-state index in [4.69, 9.17) is 19.3 Å². The molecule has 0 saturated carbocycles. The van der Waals surface area contributed by atoms with Crippen molar-refractivity contribution in [2.45, 2.75) is 84.9 Å². The molecule has 3 rings (SSSR count). The highest BCUT2D eigenvalue weighted by Crippen LogP contribution is 2.40. The van der Waals surface area contributed by atoms with Crippen LogP contribution in [0.5, 0.6) is 0 Å². The van der Waals surface area contributed by atoms with Gasteiger partial charge in [-0.3, -0.25) is 0 Å². The van der Waals surface area contributed by atoms with Crippen LogP contribution in [0.2, 0.25) is 0 Å². The van der Waals surface area contributed by atoms with Crippen LogP contribution in [0.15, 0.2) is 12.3 Å². The van der Waals surface area contributed by atoms with Crippen LogP contribution in [-0.4, -0.2) is 61.3 Å². The third-order valence-electron chi connectivity index (χ3n) is 6.76. The maximum absolute atomic E-state index is 6.03. The quantitative estimate of drug-likeness (QED) is 0.377. The molecule has 6 nitrogen and oxygen atoms in total. The monoisotopic (exact) mass is 447 g/mol. The van der Waals surface area contributed by atoms with Gasteiger partial charge in [-0.2, -0.15) is 5.10 Å². The number of rotatable bonds is 13. The molecule has 1 aliphatic carbocycles. The molecular weight excluding hydrogens is 402 g/mol. The summed E-state index contributed by atoms with van der Waals surface area (Å²) >= 11 is 0. The highest BCUT2D eigenvalue weighted by atomic mass is 16.5. The number of nitrogens with zero attached hydrogens (tertiary/aromatic N) is 3. The fourth-order valence-electron chi connectivity index (χ4n) is 4.63. The Labute approximate surface area is 195 Å². The Morgan fingerprint density at radius 3 is 2.47 bits per heavy atom. The van der Waals surface area contributed by atoms with Crippen LogP contribution in [0.4, 0.5) is 0 Å². The number of hydrogen-bond donors (Lipinski definition) is 0. The van der Waals surface area contributed by atoms with Gasteiger partial charge >= 0.3 is 0 Å². The van der Waals surface area contributed by atoms with Gasteiger partial charge in [0.05, 0.1) is 18.9 Å². The summed E-state index contributed by atoms with van der Waals surface area (Å²) in [5.74, 6) is 0. The Morgan fingerprint density at radius 2 is 1.91 bits per heavy atom. The van der Waals surface area contributed by atoms with Crippen LogP contribution in [0, 0.1) is 5.41 Å². The second-order valence-electron chi connectivity index (χ2n) is 9.67. The van der Waals surface area contributed by atoms with Crippen molar-refractivity contribution in [3.63, 3.8) is 0 Å². The van der Waals surface area contributed by atoms with E-state index in [9.17, 15) is 0 Å². The summed E-state index contributed by atoms with van der Waals surface area (Å²) in [4.78, 5) is 2.34. The van der Waals surface area contributed by atoms with Gasteiger partial charge in [0.25, 0.3) is 0 Å². The largest absolute Gasteiger partial charge is 0.381 e. The Kier molecular flexibility index (Phi) is 10.2. The molecule has 1 unspecified atom stereocenters. The first-order valence-electron chi connectivity index (χ1n) is 12.8. The Hall–Kier alpha value is -1.21. The van der Waals surface area contributed by atoms with Crippen molar-refractivity contribution in [1.82, 2.24) is 14.7 Å². The summed E-state index contributed by atoms with van der Waals surface area (Å²) in [6, 6.07) is 0. The minimum atomic E-state index is 0.0800. The summed E-state index contributed by atoms with van der Waals surface area (Å²) in [5, 5.41) is 5.08. The van der Waals surface area contributed by atoms with Crippen LogP contribution in [0.3, 0.4) is 0 Å². The fraction of sp³-hybridized carbons (Fsp3) is 0.808. The zero-order valence-corrected chi connectivity index (χ0v) is 20.9. The van der Waals surface area contributed by atoms with Crippen LogP contribution in [-0.2, 0) is 20.8 Å². The summed E-state index contributed by atoms with van der Waals surface area (Å²) < 4.78 is 20.2. The van der Waals surface area contributed by atoms with Crippen LogP contribution in [0.1, 0.15) is 89.6 Å². The Balaban J connectivity index is 1.79. The molecule has 0 N–H and O–H groups in total. The predicted molar refractivity (Wildman–Crippen MR) is 130 cm³/mol. The number of allylic oxidation sites excluding steroid dienone is 2. The molecular formula is C26H45N3O3. The molecule has 6 heteroatoms. The van der Waals surface area contributed by atoms with E-state index in [1.54, 1.807) is 0 Å². The van der Waals surface area contributed by atoms with E-state index >= 15 is 0 Å². The first kappa shape index (κ1) is 25.4. The smallest absolute Gasteiger partial charge is 0.150 e. The second-order valence-corrected chi connectivity index (χ2v) is 9.67. The SMILES string of the molecule is CCCOCC1(COCCC)CC=C(c2nn(C3CCCCO3)cc2CN(C)CC)CC1. The lowest BCUT2D eigenvalue weighted by molar-refractivity contribution is -0.0396. The van der Waals surface area contributed by atoms with Gasteiger partial charge in [-0.15, -0.1) is 0 Å². The van der Waals surface area contributed by atoms with Gasteiger partial charge in [0, 0.05) is 43.5 Å². The first-order valence-corrected chi connectivity index (χ1v) is 12.8. The summed E-state index contributed by atoms with van der Waals surface area (Å²) in [7, 11) is 2.18. The molecule has 1 atom stereocenters. The van der Waals surface area contributed by atoms with Crippen molar-refractivity contribution in [2.24, 2.45) is 5.41 Å². The van der Waals surface area contributed by atoms with Gasteiger partial charge in [-0.1, -0.05) is 26.8 Å². The average Bonchev–Trinajstić information content (AvgIpc) is 3.24. The molecule has 0 amide bonds. The second kappa shape index (κ2) is 12.9. The van der Waals surface area contributed by atoms with Crippen molar-refractivity contribution < 1.29 is 14.2 Å². The number of ether oxygens (including phenoxy) is 3. The van der Waals surface area contributed by atoms with Gasteiger partial charge < -0.3 is 19.1 Å². The van der Waals surface area contributed by atoms with Crippen molar-refractivity contribution in [3.8, 4) is 0 Å². The molecule has 1 aromatic rings. The molecule has 0 radical (unpaired) electrons. The molecule has 0 spiro atoms. The van der Waals surface area contributed by atoms with Crippen molar-refractivity contribution in [3.05, 3.63) is 23.5 Å². The van der Waals surface area contributed by atoms with E-state index in [1.165, 1.54) is 17.6 Å².